The molecule has 2 saturated heterocycles. The van der Waals surface area contributed by atoms with Crippen molar-refractivity contribution >= 4 is 23.4 Å². The molecule has 0 saturated carbocycles. The first kappa shape index (κ1) is 22.5. The van der Waals surface area contributed by atoms with Gasteiger partial charge in [-0.25, -0.2) is 4.39 Å². The quantitative estimate of drug-likeness (QED) is 0.695. The maximum absolute atomic E-state index is 14.1. The topological polar surface area (TPSA) is 52.7 Å². The maximum Gasteiger partial charge on any atom is 0.416 e. The largest absolute Gasteiger partial charge is 0.416 e. The molecule has 0 unspecified atom stereocenters. The Bertz CT molecular complexity index is 1050. The van der Waals surface area contributed by atoms with Crippen molar-refractivity contribution in [2.75, 3.05) is 26.2 Å². The molecular weight excluding hydrogens is 450 g/mol. The van der Waals surface area contributed by atoms with Crippen LogP contribution in [0, 0.1) is 5.82 Å². The maximum atomic E-state index is 14.1. The summed E-state index contributed by atoms with van der Waals surface area (Å²) >= 11 is 5.75. The minimum Gasteiger partial charge on any atom is -0.348 e. The summed E-state index contributed by atoms with van der Waals surface area (Å²) in [5, 5.41) is 3.00. The van der Waals surface area contributed by atoms with E-state index in [2.05, 4.69) is 10.2 Å². The molecule has 2 atom stereocenters. The van der Waals surface area contributed by atoms with E-state index in [4.69, 9.17) is 11.6 Å². The fraction of sp³-hybridized carbons (Fsp3) is 0.364. The number of hydrogen-bond donors (Lipinski definition) is 1. The van der Waals surface area contributed by atoms with E-state index >= 15 is 0 Å². The third kappa shape index (κ3) is 4.73. The number of halogens is 5. The molecule has 0 aromatic heterocycles. The molecule has 2 aromatic carbocycles. The van der Waals surface area contributed by atoms with Gasteiger partial charge in [0.25, 0.3) is 11.8 Å². The highest BCUT2D eigenvalue weighted by Crippen LogP contribution is 2.30. The smallest absolute Gasteiger partial charge is 0.348 e. The summed E-state index contributed by atoms with van der Waals surface area (Å²) in [5.41, 5.74) is -0.979. The number of nitrogens with zero attached hydrogens (tertiary/aromatic N) is 2. The molecule has 0 aliphatic carbocycles. The number of amides is 2. The Balaban J connectivity index is 1.38. The molecule has 2 aliphatic heterocycles. The summed E-state index contributed by atoms with van der Waals surface area (Å²) in [7, 11) is 0. The SMILES string of the molecule is O=C(N[C@H]1C[C@H]2CN(C(=O)c3ccc(Cl)cc3F)CCN2C1)c1cccc(C(F)(F)F)c1. The summed E-state index contributed by atoms with van der Waals surface area (Å²) in [6, 6.07) is 7.92. The molecule has 2 fully saturated rings. The molecule has 170 valence electrons. The van der Waals surface area contributed by atoms with Gasteiger partial charge >= 0.3 is 6.18 Å². The van der Waals surface area contributed by atoms with Crippen LogP contribution in [0.4, 0.5) is 17.6 Å². The van der Waals surface area contributed by atoms with Gasteiger partial charge in [0.2, 0.25) is 0 Å². The number of carbonyl (C=O) groups is 2. The number of rotatable bonds is 3. The number of piperazine rings is 1. The number of fused-ring (bicyclic) bond motifs is 1. The van der Waals surface area contributed by atoms with Gasteiger partial charge in [-0.05, 0) is 42.8 Å². The summed E-state index contributed by atoms with van der Waals surface area (Å²) < 4.78 is 52.9. The van der Waals surface area contributed by atoms with E-state index in [9.17, 15) is 27.2 Å². The number of carbonyl (C=O) groups excluding carboxylic acids is 2. The zero-order valence-corrected chi connectivity index (χ0v) is 17.6. The monoisotopic (exact) mass is 469 g/mol. The molecule has 0 spiro atoms. The molecule has 4 rings (SSSR count). The minimum absolute atomic E-state index is 0.0325. The minimum atomic E-state index is -4.52. The lowest BCUT2D eigenvalue weighted by atomic mass is 10.1. The third-order valence-electron chi connectivity index (χ3n) is 5.85. The Morgan fingerprint density at radius 3 is 2.56 bits per heavy atom. The second-order valence-corrected chi connectivity index (χ2v) is 8.45. The molecule has 2 aromatic rings. The second-order valence-electron chi connectivity index (χ2n) is 8.01. The normalized spacial score (nSPS) is 21.3. The number of nitrogens with one attached hydrogen (secondary N) is 1. The van der Waals surface area contributed by atoms with Crippen molar-refractivity contribution in [1.29, 1.82) is 0 Å². The van der Waals surface area contributed by atoms with Gasteiger partial charge in [-0.15, -0.1) is 0 Å². The van der Waals surface area contributed by atoms with Gasteiger partial charge < -0.3 is 10.2 Å². The van der Waals surface area contributed by atoms with Gasteiger partial charge in [0.05, 0.1) is 11.1 Å². The molecule has 2 aliphatic rings. The van der Waals surface area contributed by atoms with Crippen LogP contribution in [0.25, 0.3) is 0 Å². The average Bonchev–Trinajstić information content (AvgIpc) is 3.14. The number of benzene rings is 2. The molecule has 10 heteroatoms. The van der Waals surface area contributed by atoms with Crippen molar-refractivity contribution in [2.24, 2.45) is 0 Å². The Kier molecular flexibility index (Phi) is 6.13. The Morgan fingerprint density at radius 1 is 1.06 bits per heavy atom. The van der Waals surface area contributed by atoms with Gasteiger partial charge in [0, 0.05) is 48.8 Å². The van der Waals surface area contributed by atoms with E-state index in [1.54, 1.807) is 4.90 Å². The summed E-state index contributed by atoms with van der Waals surface area (Å²) in [5.74, 6) is -1.67. The molecule has 0 bridgehead atoms. The van der Waals surface area contributed by atoms with Crippen molar-refractivity contribution in [3.05, 3.63) is 70.0 Å². The van der Waals surface area contributed by atoms with Crippen molar-refractivity contribution in [2.45, 2.75) is 24.7 Å². The first-order valence-corrected chi connectivity index (χ1v) is 10.5. The van der Waals surface area contributed by atoms with Crippen molar-refractivity contribution in [1.82, 2.24) is 15.1 Å². The lowest BCUT2D eigenvalue weighted by molar-refractivity contribution is -0.137. The van der Waals surface area contributed by atoms with E-state index in [1.807, 2.05) is 0 Å². The van der Waals surface area contributed by atoms with Crippen LogP contribution in [0.1, 0.15) is 32.7 Å². The van der Waals surface area contributed by atoms with Gasteiger partial charge in [-0.2, -0.15) is 13.2 Å². The van der Waals surface area contributed by atoms with E-state index in [0.717, 1.165) is 18.2 Å². The first-order chi connectivity index (χ1) is 15.1. The van der Waals surface area contributed by atoms with E-state index in [0.29, 0.717) is 32.6 Å². The Morgan fingerprint density at radius 2 is 1.84 bits per heavy atom. The lowest BCUT2D eigenvalue weighted by Crippen LogP contribution is -2.52. The summed E-state index contributed by atoms with van der Waals surface area (Å²) in [6.07, 6.45) is -3.98. The highest BCUT2D eigenvalue weighted by molar-refractivity contribution is 6.30. The molecule has 5 nitrogen and oxygen atoms in total. The molecule has 32 heavy (non-hydrogen) atoms. The van der Waals surface area contributed by atoms with E-state index in [-0.39, 0.29) is 28.2 Å². The predicted molar refractivity (Wildman–Crippen MR) is 110 cm³/mol. The predicted octanol–water partition coefficient (Wildman–Crippen LogP) is 3.83. The van der Waals surface area contributed by atoms with Crippen LogP contribution < -0.4 is 5.32 Å². The molecule has 2 amide bonds. The van der Waals surface area contributed by atoms with Crippen LogP contribution in [-0.2, 0) is 6.18 Å². The van der Waals surface area contributed by atoms with Gasteiger partial charge in [-0.3, -0.25) is 14.5 Å². The zero-order valence-electron chi connectivity index (χ0n) is 16.8. The fourth-order valence-electron chi connectivity index (χ4n) is 4.27. The average molecular weight is 470 g/mol. The first-order valence-electron chi connectivity index (χ1n) is 10.1. The van der Waals surface area contributed by atoms with Crippen LogP contribution in [0.5, 0.6) is 0 Å². The Hall–Kier alpha value is -2.65. The molecule has 0 radical (unpaired) electrons. The van der Waals surface area contributed by atoms with Crippen molar-refractivity contribution < 1.29 is 27.2 Å². The van der Waals surface area contributed by atoms with Crippen molar-refractivity contribution in [3.63, 3.8) is 0 Å². The Labute approximate surface area is 186 Å². The number of hydrogen-bond acceptors (Lipinski definition) is 3. The van der Waals surface area contributed by atoms with Gasteiger partial charge in [0.15, 0.2) is 0 Å². The summed E-state index contributed by atoms with van der Waals surface area (Å²) in [4.78, 5) is 28.9. The fourth-order valence-corrected chi connectivity index (χ4v) is 4.43. The third-order valence-corrected chi connectivity index (χ3v) is 6.09. The lowest BCUT2D eigenvalue weighted by Gasteiger charge is -2.37. The molecule has 2 heterocycles. The van der Waals surface area contributed by atoms with E-state index in [1.165, 1.54) is 24.3 Å². The molecule has 1 N–H and O–H groups in total. The van der Waals surface area contributed by atoms with Gasteiger partial charge in [0.1, 0.15) is 5.82 Å². The second kappa shape index (κ2) is 8.71. The van der Waals surface area contributed by atoms with Crippen LogP contribution in [-0.4, -0.2) is 59.9 Å². The van der Waals surface area contributed by atoms with Crippen LogP contribution in [0.2, 0.25) is 5.02 Å². The van der Waals surface area contributed by atoms with Crippen LogP contribution in [0.3, 0.4) is 0 Å². The number of alkyl halides is 3. The highest BCUT2D eigenvalue weighted by Gasteiger charge is 2.38. The summed E-state index contributed by atoms with van der Waals surface area (Å²) in [6.45, 7) is 1.87. The molecular formula is C22H20ClF4N3O2. The zero-order chi connectivity index (χ0) is 23.0. The van der Waals surface area contributed by atoms with Crippen LogP contribution in [0.15, 0.2) is 42.5 Å². The standard InChI is InChI=1S/C22H20ClF4N3O2/c23-15-4-5-18(19(24)9-15)21(32)30-7-6-29-11-16(10-17(29)12-30)28-20(31)13-2-1-3-14(8-13)22(25,26)27/h1-5,8-9,16-17H,6-7,10-12H2,(H,28,31)/t16-,17-/m0/s1. The van der Waals surface area contributed by atoms with E-state index < -0.39 is 29.4 Å². The van der Waals surface area contributed by atoms with Crippen LogP contribution >= 0.6 is 11.6 Å². The highest BCUT2D eigenvalue weighted by atomic mass is 35.5. The van der Waals surface area contributed by atoms with Crippen molar-refractivity contribution in [3.8, 4) is 0 Å². The van der Waals surface area contributed by atoms with Gasteiger partial charge in [-0.1, -0.05) is 17.7 Å².